The van der Waals surface area contributed by atoms with Gasteiger partial charge in [0.05, 0.1) is 12.4 Å². The monoisotopic (exact) mass is 223 g/mol. The van der Waals surface area contributed by atoms with Crippen LogP contribution in [0.5, 0.6) is 0 Å². The fraction of sp³-hybridized carbons (Fsp3) is 1.00. The van der Waals surface area contributed by atoms with Gasteiger partial charge in [0, 0.05) is 6.04 Å². The fourth-order valence-electron chi connectivity index (χ4n) is 1.34. The molecule has 2 atom stereocenters. The Kier molecular flexibility index (Phi) is 6.31. The molecule has 4 nitrogen and oxygen atoms in total. The first kappa shape index (κ1) is 13.9. The van der Waals surface area contributed by atoms with Gasteiger partial charge < -0.3 is 5.11 Å². The van der Waals surface area contributed by atoms with E-state index in [1.54, 1.807) is 6.92 Å². The van der Waals surface area contributed by atoms with Gasteiger partial charge in [-0.15, -0.1) is 0 Å². The van der Waals surface area contributed by atoms with E-state index in [2.05, 4.69) is 4.72 Å². The van der Waals surface area contributed by atoms with Gasteiger partial charge >= 0.3 is 0 Å². The van der Waals surface area contributed by atoms with Gasteiger partial charge in [-0.25, -0.2) is 13.1 Å². The highest BCUT2D eigenvalue weighted by Crippen LogP contribution is 2.07. The summed E-state index contributed by atoms with van der Waals surface area (Å²) in [6.07, 6.45) is 1.90. The van der Waals surface area contributed by atoms with Crippen LogP contribution >= 0.6 is 0 Å². The molecule has 0 fully saturated rings. The minimum atomic E-state index is -3.22. The number of aliphatic hydroxyl groups is 1. The fourth-order valence-corrected chi connectivity index (χ4v) is 3.04. The number of hydrogen-bond acceptors (Lipinski definition) is 3. The van der Waals surface area contributed by atoms with Gasteiger partial charge in [-0.05, 0) is 19.3 Å². The van der Waals surface area contributed by atoms with Crippen molar-refractivity contribution in [2.24, 2.45) is 5.92 Å². The van der Waals surface area contributed by atoms with Gasteiger partial charge in [0.25, 0.3) is 0 Å². The molecule has 14 heavy (non-hydrogen) atoms. The number of sulfonamides is 1. The Hall–Kier alpha value is -0.130. The van der Waals surface area contributed by atoms with E-state index in [9.17, 15) is 8.42 Å². The van der Waals surface area contributed by atoms with Gasteiger partial charge in [0.1, 0.15) is 0 Å². The highest BCUT2D eigenvalue weighted by atomic mass is 32.2. The molecule has 5 heteroatoms. The van der Waals surface area contributed by atoms with Crippen molar-refractivity contribution in [1.82, 2.24) is 4.72 Å². The Morgan fingerprint density at radius 2 is 1.93 bits per heavy atom. The molecule has 0 amide bonds. The lowest BCUT2D eigenvalue weighted by atomic mass is 10.1. The Labute approximate surface area is 86.8 Å². The quantitative estimate of drug-likeness (QED) is 0.668. The minimum Gasteiger partial charge on any atom is -0.395 e. The molecule has 2 N–H and O–H groups in total. The van der Waals surface area contributed by atoms with Gasteiger partial charge in [0.15, 0.2) is 0 Å². The summed E-state index contributed by atoms with van der Waals surface area (Å²) >= 11 is 0. The summed E-state index contributed by atoms with van der Waals surface area (Å²) in [5.41, 5.74) is 0. The minimum absolute atomic E-state index is 0.144. The summed E-state index contributed by atoms with van der Waals surface area (Å²) < 4.78 is 25.3. The van der Waals surface area contributed by atoms with Crippen molar-refractivity contribution in [3.8, 4) is 0 Å². The number of nitrogens with one attached hydrogen (secondary N) is 1. The maximum atomic E-state index is 11.5. The van der Waals surface area contributed by atoms with Crippen molar-refractivity contribution in [2.75, 3.05) is 12.4 Å². The predicted molar refractivity (Wildman–Crippen MR) is 57.5 cm³/mol. The molecule has 0 rings (SSSR count). The van der Waals surface area contributed by atoms with Crippen LogP contribution in [0, 0.1) is 5.92 Å². The zero-order chi connectivity index (χ0) is 11.2. The summed E-state index contributed by atoms with van der Waals surface area (Å²) in [7, 11) is -3.22. The van der Waals surface area contributed by atoms with Crippen LogP contribution in [0.4, 0.5) is 0 Å². The van der Waals surface area contributed by atoms with Crippen molar-refractivity contribution in [3.63, 3.8) is 0 Å². The molecule has 0 radical (unpaired) electrons. The average Bonchev–Trinajstić information content (AvgIpc) is 2.02. The molecule has 0 saturated heterocycles. The number of aliphatic hydroxyl groups excluding tert-OH is 1. The van der Waals surface area contributed by atoms with E-state index in [1.807, 2.05) is 13.8 Å². The molecule has 86 valence electrons. The highest BCUT2D eigenvalue weighted by molar-refractivity contribution is 7.89. The molecule has 1 unspecified atom stereocenters. The van der Waals surface area contributed by atoms with Crippen LogP contribution in [0.3, 0.4) is 0 Å². The maximum absolute atomic E-state index is 11.5. The van der Waals surface area contributed by atoms with Crippen LogP contribution in [0.1, 0.15) is 33.6 Å². The molecule has 0 heterocycles. The van der Waals surface area contributed by atoms with Crippen LogP contribution in [-0.2, 0) is 10.0 Å². The van der Waals surface area contributed by atoms with Crippen LogP contribution in [0.25, 0.3) is 0 Å². The highest BCUT2D eigenvalue weighted by Gasteiger charge is 2.17. The number of hydrogen-bond donors (Lipinski definition) is 2. The van der Waals surface area contributed by atoms with E-state index < -0.39 is 16.1 Å². The topological polar surface area (TPSA) is 66.4 Å². The number of rotatable bonds is 7. The Morgan fingerprint density at radius 1 is 1.36 bits per heavy atom. The Bertz CT molecular complexity index is 238. The zero-order valence-corrected chi connectivity index (χ0v) is 9.97. The van der Waals surface area contributed by atoms with Gasteiger partial charge in [-0.2, -0.15) is 0 Å². The van der Waals surface area contributed by atoms with Crippen molar-refractivity contribution in [2.45, 2.75) is 39.7 Å². The molecule has 0 bridgehead atoms. The molecule has 0 aliphatic rings. The molecule has 0 aromatic rings. The smallest absolute Gasteiger partial charge is 0.212 e. The van der Waals surface area contributed by atoms with Gasteiger partial charge in [0.2, 0.25) is 10.0 Å². The molecule has 0 saturated carbocycles. The molecular formula is C9H21NO3S. The van der Waals surface area contributed by atoms with Crippen LogP contribution in [-0.4, -0.2) is 31.9 Å². The normalized spacial score (nSPS) is 16.6. The largest absolute Gasteiger partial charge is 0.395 e. The summed E-state index contributed by atoms with van der Waals surface area (Å²) in [6.45, 7) is 5.43. The third-order valence-electron chi connectivity index (χ3n) is 1.94. The predicted octanol–water partition coefficient (Wildman–Crippen LogP) is 0.723. The van der Waals surface area contributed by atoms with E-state index >= 15 is 0 Å². The zero-order valence-electron chi connectivity index (χ0n) is 9.16. The lowest BCUT2D eigenvalue weighted by Gasteiger charge is -2.14. The second-order valence-electron chi connectivity index (χ2n) is 3.88. The second kappa shape index (κ2) is 6.37. The maximum Gasteiger partial charge on any atom is 0.212 e. The first-order valence-electron chi connectivity index (χ1n) is 5.02. The van der Waals surface area contributed by atoms with Crippen LogP contribution in [0.15, 0.2) is 0 Å². The lowest BCUT2D eigenvalue weighted by molar-refractivity contribution is 0.265. The van der Waals surface area contributed by atoms with Crippen molar-refractivity contribution >= 4 is 10.0 Å². The van der Waals surface area contributed by atoms with E-state index in [4.69, 9.17) is 5.11 Å². The summed E-state index contributed by atoms with van der Waals surface area (Å²) in [6, 6.07) is -0.395. The van der Waals surface area contributed by atoms with Gasteiger partial charge in [-0.1, -0.05) is 20.3 Å². The average molecular weight is 223 g/mol. The molecule has 0 aromatic heterocycles. The SMILES string of the molecule is CCCC(C)CS(=O)(=O)N[C@H](C)CO. The van der Waals surface area contributed by atoms with E-state index in [0.29, 0.717) is 0 Å². The van der Waals surface area contributed by atoms with Crippen molar-refractivity contribution < 1.29 is 13.5 Å². The van der Waals surface area contributed by atoms with Crippen molar-refractivity contribution in [3.05, 3.63) is 0 Å². The van der Waals surface area contributed by atoms with Crippen LogP contribution in [0.2, 0.25) is 0 Å². The van der Waals surface area contributed by atoms with E-state index in [-0.39, 0.29) is 18.3 Å². The Balaban J connectivity index is 4.07. The first-order chi connectivity index (χ1) is 6.41. The first-order valence-corrected chi connectivity index (χ1v) is 6.67. The molecule has 0 aromatic carbocycles. The third kappa shape index (κ3) is 6.34. The lowest BCUT2D eigenvalue weighted by Crippen LogP contribution is -2.37. The molecule has 0 spiro atoms. The summed E-state index contributed by atoms with van der Waals surface area (Å²) in [5, 5.41) is 8.71. The molecular weight excluding hydrogens is 202 g/mol. The summed E-state index contributed by atoms with van der Waals surface area (Å²) in [5.74, 6) is 0.314. The Morgan fingerprint density at radius 3 is 2.36 bits per heavy atom. The summed E-state index contributed by atoms with van der Waals surface area (Å²) in [4.78, 5) is 0. The standard InChI is InChI=1S/C9H21NO3S/c1-4-5-8(2)7-14(12,13)10-9(3)6-11/h8-11H,4-7H2,1-3H3/t8?,9-/m1/s1. The van der Waals surface area contributed by atoms with E-state index in [1.165, 1.54) is 0 Å². The second-order valence-corrected chi connectivity index (χ2v) is 5.68. The molecule has 0 aliphatic heterocycles. The van der Waals surface area contributed by atoms with Crippen molar-refractivity contribution in [1.29, 1.82) is 0 Å². The molecule has 0 aliphatic carbocycles. The van der Waals surface area contributed by atoms with Crippen LogP contribution < -0.4 is 4.72 Å². The van der Waals surface area contributed by atoms with E-state index in [0.717, 1.165) is 12.8 Å². The van der Waals surface area contributed by atoms with Gasteiger partial charge in [-0.3, -0.25) is 0 Å². The third-order valence-corrected chi connectivity index (χ3v) is 3.71.